The van der Waals surface area contributed by atoms with Crippen LogP contribution in [0.2, 0.25) is 0 Å². The normalized spacial score (nSPS) is 21.8. The second kappa shape index (κ2) is 5.90. The summed E-state index contributed by atoms with van der Waals surface area (Å²) >= 11 is 0. The number of benzene rings is 1. The van der Waals surface area contributed by atoms with Crippen LogP contribution < -0.4 is 5.32 Å². The quantitative estimate of drug-likeness (QED) is 0.807. The molecule has 3 N–H and O–H groups in total. The lowest BCUT2D eigenvalue weighted by molar-refractivity contribution is -0.120. The predicted molar refractivity (Wildman–Crippen MR) is 83.1 cm³/mol. The molecule has 1 saturated carbocycles. The molecular formula is C17H22N2O2. The Morgan fingerprint density at radius 1 is 1.43 bits per heavy atom. The van der Waals surface area contributed by atoms with E-state index in [9.17, 15) is 9.90 Å². The standard InChI is InChI=1S/C17H22N2O2/c1-11-5-6-14-13(10-18-15(14)7-11)8-17(21)19-9-12-3-2-4-16(12)20/h5-7,10,12,16,18,20H,2-4,8-9H2,1H3,(H,19,21). The molecule has 0 bridgehead atoms. The summed E-state index contributed by atoms with van der Waals surface area (Å²) in [6.45, 7) is 2.64. The Bertz CT molecular complexity index is 647. The number of carbonyl (C=O) groups is 1. The van der Waals surface area contributed by atoms with Gasteiger partial charge in [0, 0.05) is 29.6 Å². The van der Waals surface area contributed by atoms with Crippen molar-refractivity contribution in [2.45, 2.75) is 38.7 Å². The number of hydrogen-bond donors (Lipinski definition) is 3. The summed E-state index contributed by atoms with van der Waals surface area (Å²) in [7, 11) is 0. The Kier molecular flexibility index (Phi) is 3.97. The number of aromatic amines is 1. The molecule has 1 amide bonds. The summed E-state index contributed by atoms with van der Waals surface area (Å²) < 4.78 is 0. The molecule has 0 radical (unpaired) electrons. The molecule has 21 heavy (non-hydrogen) atoms. The van der Waals surface area contributed by atoms with Gasteiger partial charge in [-0.25, -0.2) is 0 Å². The molecule has 0 aliphatic heterocycles. The van der Waals surface area contributed by atoms with Crippen LogP contribution >= 0.6 is 0 Å². The Hall–Kier alpha value is -1.81. The van der Waals surface area contributed by atoms with Crippen LogP contribution in [0.25, 0.3) is 10.9 Å². The van der Waals surface area contributed by atoms with Crippen LogP contribution in [0.4, 0.5) is 0 Å². The van der Waals surface area contributed by atoms with Crippen molar-refractivity contribution < 1.29 is 9.90 Å². The first-order chi connectivity index (χ1) is 10.1. The van der Waals surface area contributed by atoms with E-state index in [1.807, 2.05) is 6.20 Å². The maximum atomic E-state index is 12.1. The van der Waals surface area contributed by atoms with E-state index >= 15 is 0 Å². The van der Waals surface area contributed by atoms with Crippen molar-refractivity contribution in [3.05, 3.63) is 35.5 Å². The van der Waals surface area contributed by atoms with Crippen LogP contribution in [0.15, 0.2) is 24.4 Å². The molecule has 0 saturated heterocycles. The molecule has 2 atom stereocenters. The highest BCUT2D eigenvalue weighted by atomic mass is 16.3. The highest BCUT2D eigenvalue weighted by Crippen LogP contribution is 2.25. The molecule has 1 heterocycles. The molecule has 0 spiro atoms. The molecule has 4 heteroatoms. The van der Waals surface area contributed by atoms with Crippen molar-refractivity contribution in [2.24, 2.45) is 5.92 Å². The number of aryl methyl sites for hydroxylation is 1. The molecule has 2 aromatic rings. The Morgan fingerprint density at radius 3 is 3.05 bits per heavy atom. The zero-order valence-electron chi connectivity index (χ0n) is 12.4. The van der Waals surface area contributed by atoms with E-state index in [4.69, 9.17) is 0 Å². The summed E-state index contributed by atoms with van der Waals surface area (Å²) in [6, 6.07) is 6.21. The smallest absolute Gasteiger partial charge is 0.224 e. The van der Waals surface area contributed by atoms with Gasteiger partial charge < -0.3 is 15.4 Å². The highest BCUT2D eigenvalue weighted by molar-refractivity contribution is 5.89. The van der Waals surface area contributed by atoms with Gasteiger partial charge in [-0.3, -0.25) is 4.79 Å². The molecule has 1 fully saturated rings. The van der Waals surface area contributed by atoms with E-state index in [0.29, 0.717) is 13.0 Å². The highest BCUT2D eigenvalue weighted by Gasteiger charge is 2.25. The van der Waals surface area contributed by atoms with Crippen LogP contribution in [0.5, 0.6) is 0 Å². The van der Waals surface area contributed by atoms with Gasteiger partial charge in [-0.05, 0) is 37.0 Å². The Balaban J connectivity index is 1.61. The third-order valence-electron chi connectivity index (χ3n) is 4.45. The van der Waals surface area contributed by atoms with Gasteiger partial charge in [0.25, 0.3) is 0 Å². The first kappa shape index (κ1) is 14.1. The van der Waals surface area contributed by atoms with Crippen molar-refractivity contribution in [3.8, 4) is 0 Å². The van der Waals surface area contributed by atoms with Crippen LogP contribution in [-0.2, 0) is 11.2 Å². The molecule has 1 aliphatic carbocycles. The summed E-state index contributed by atoms with van der Waals surface area (Å²) in [5, 5.41) is 13.8. The van der Waals surface area contributed by atoms with Crippen LogP contribution in [0.3, 0.4) is 0 Å². The minimum Gasteiger partial charge on any atom is -0.393 e. The minimum absolute atomic E-state index is 0.0237. The van der Waals surface area contributed by atoms with Crippen LogP contribution in [0, 0.1) is 12.8 Å². The van der Waals surface area contributed by atoms with Gasteiger partial charge in [-0.2, -0.15) is 0 Å². The topological polar surface area (TPSA) is 65.1 Å². The van der Waals surface area contributed by atoms with Crippen molar-refractivity contribution in [1.82, 2.24) is 10.3 Å². The first-order valence-corrected chi connectivity index (χ1v) is 7.65. The number of fused-ring (bicyclic) bond motifs is 1. The van der Waals surface area contributed by atoms with Gasteiger partial charge in [-0.15, -0.1) is 0 Å². The maximum Gasteiger partial charge on any atom is 0.224 e. The summed E-state index contributed by atoms with van der Waals surface area (Å²) in [5.41, 5.74) is 3.30. The SMILES string of the molecule is Cc1ccc2c(CC(=O)NCC3CCCC3O)c[nH]c2c1. The van der Waals surface area contributed by atoms with E-state index in [1.54, 1.807) is 0 Å². The molecule has 1 aliphatic rings. The number of aliphatic hydroxyl groups excluding tert-OH is 1. The molecule has 3 rings (SSSR count). The van der Waals surface area contributed by atoms with Gasteiger partial charge in [-0.1, -0.05) is 18.6 Å². The van der Waals surface area contributed by atoms with E-state index in [-0.39, 0.29) is 17.9 Å². The summed E-state index contributed by atoms with van der Waals surface area (Å²) in [6.07, 6.45) is 4.97. The lowest BCUT2D eigenvalue weighted by atomic mass is 10.1. The second-order valence-corrected chi connectivity index (χ2v) is 6.10. The molecule has 1 aromatic heterocycles. The zero-order valence-corrected chi connectivity index (χ0v) is 12.4. The average Bonchev–Trinajstić information content (AvgIpc) is 3.03. The average molecular weight is 286 g/mol. The number of aromatic nitrogens is 1. The number of aliphatic hydroxyl groups is 1. The maximum absolute atomic E-state index is 12.1. The van der Waals surface area contributed by atoms with E-state index in [2.05, 4.69) is 35.4 Å². The molecule has 4 nitrogen and oxygen atoms in total. The van der Waals surface area contributed by atoms with Gasteiger partial charge >= 0.3 is 0 Å². The lowest BCUT2D eigenvalue weighted by Crippen LogP contribution is -2.33. The Labute approximate surface area is 124 Å². The number of carbonyl (C=O) groups excluding carboxylic acids is 1. The Morgan fingerprint density at radius 2 is 2.29 bits per heavy atom. The zero-order chi connectivity index (χ0) is 14.8. The van der Waals surface area contributed by atoms with Gasteiger partial charge in [0.2, 0.25) is 5.91 Å². The van der Waals surface area contributed by atoms with Crippen molar-refractivity contribution in [2.75, 3.05) is 6.54 Å². The minimum atomic E-state index is -0.249. The van der Waals surface area contributed by atoms with E-state index < -0.39 is 0 Å². The van der Waals surface area contributed by atoms with E-state index in [1.165, 1.54) is 5.56 Å². The lowest BCUT2D eigenvalue weighted by Gasteiger charge is -2.14. The molecule has 112 valence electrons. The van der Waals surface area contributed by atoms with Crippen molar-refractivity contribution in [1.29, 1.82) is 0 Å². The summed E-state index contributed by atoms with van der Waals surface area (Å²) in [5.74, 6) is 0.246. The first-order valence-electron chi connectivity index (χ1n) is 7.65. The number of H-pyrrole nitrogens is 1. The predicted octanol–water partition coefficient (Wildman–Crippen LogP) is 2.30. The largest absolute Gasteiger partial charge is 0.393 e. The molecular weight excluding hydrogens is 264 g/mol. The number of rotatable bonds is 4. The van der Waals surface area contributed by atoms with Crippen LogP contribution in [-0.4, -0.2) is 28.6 Å². The second-order valence-electron chi connectivity index (χ2n) is 6.10. The third kappa shape index (κ3) is 3.10. The number of hydrogen-bond acceptors (Lipinski definition) is 2. The summed E-state index contributed by atoms with van der Waals surface area (Å²) in [4.78, 5) is 15.3. The van der Waals surface area contributed by atoms with Gasteiger partial charge in [0.15, 0.2) is 0 Å². The molecule has 1 aromatic carbocycles. The number of amides is 1. The monoisotopic (exact) mass is 286 g/mol. The fraction of sp³-hybridized carbons (Fsp3) is 0.471. The van der Waals surface area contributed by atoms with E-state index in [0.717, 1.165) is 35.7 Å². The third-order valence-corrected chi connectivity index (χ3v) is 4.45. The fourth-order valence-corrected chi connectivity index (χ4v) is 3.18. The molecule has 2 unspecified atom stereocenters. The van der Waals surface area contributed by atoms with Gasteiger partial charge in [0.05, 0.1) is 12.5 Å². The van der Waals surface area contributed by atoms with Crippen molar-refractivity contribution >= 4 is 16.8 Å². The van der Waals surface area contributed by atoms with Gasteiger partial charge in [0.1, 0.15) is 0 Å². The number of nitrogens with one attached hydrogen (secondary N) is 2. The van der Waals surface area contributed by atoms with Crippen molar-refractivity contribution in [3.63, 3.8) is 0 Å². The fourth-order valence-electron chi connectivity index (χ4n) is 3.18. The van der Waals surface area contributed by atoms with Crippen LogP contribution in [0.1, 0.15) is 30.4 Å².